The van der Waals surface area contributed by atoms with Crippen LogP contribution in [0, 0.1) is 0 Å². The monoisotopic (exact) mass is 325 g/mol. The average Bonchev–Trinajstić information content (AvgIpc) is 2.98. The Kier molecular flexibility index (Phi) is 3.17. The number of halogens is 1. The van der Waals surface area contributed by atoms with Crippen LogP contribution in [0.2, 0.25) is 0 Å². The predicted molar refractivity (Wildman–Crippen MR) is 76.7 cm³/mol. The van der Waals surface area contributed by atoms with E-state index in [1.54, 1.807) is 11.3 Å². The Hall–Kier alpha value is -1.21. The molecule has 1 saturated heterocycles. The third-order valence-corrected chi connectivity index (χ3v) is 4.68. The van der Waals surface area contributed by atoms with E-state index in [4.69, 9.17) is 5.73 Å². The van der Waals surface area contributed by atoms with Crippen molar-refractivity contribution < 1.29 is 0 Å². The zero-order valence-corrected chi connectivity index (χ0v) is 12.0. The van der Waals surface area contributed by atoms with E-state index in [1.807, 2.05) is 11.4 Å². The highest BCUT2D eigenvalue weighted by molar-refractivity contribution is 9.10. The molecule has 1 aliphatic heterocycles. The van der Waals surface area contributed by atoms with E-state index in [-0.39, 0.29) is 5.95 Å². The lowest BCUT2D eigenvalue weighted by molar-refractivity contribution is 0.888. The number of nitrogen functional groups attached to an aromatic ring is 1. The fourth-order valence-corrected chi connectivity index (χ4v) is 3.48. The summed E-state index contributed by atoms with van der Waals surface area (Å²) in [5, 5.41) is 1.99. The van der Waals surface area contributed by atoms with E-state index in [0.717, 1.165) is 22.4 Å². The van der Waals surface area contributed by atoms with Crippen LogP contribution in [0.4, 0.5) is 11.9 Å². The van der Waals surface area contributed by atoms with Crippen molar-refractivity contribution in [3.63, 3.8) is 0 Å². The van der Waals surface area contributed by atoms with Gasteiger partial charge in [-0.25, -0.2) is 0 Å². The molecule has 18 heavy (non-hydrogen) atoms. The second-order valence-electron chi connectivity index (χ2n) is 4.11. The second-order valence-corrected chi connectivity index (χ2v) is 5.88. The molecule has 0 radical (unpaired) electrons. The van der Waals surface area contributed by atoms with Crippen LogP contribution in [0.25, 0.3) is 10.7 Å². The molecule has 0 saturated carbocycles. The summed E-state index contributed by atoms with van der Waals surface area (Å²) in [4.78, 5) is 16.1. The van der Waals surface area contributed by atoms with Crippen molar-refractivity contribution >= 4 is 39.2 Å². The molecule has 0 aliphatic carbocycles. The van der Waals surface area contributed by atoms with Gasteiger partial charge in [0.2, 0.25) is 11.9 Å². The van der Waals surface area contributed by atoms with Crippen LogP contribution in [0.3, 0.4) is 0 Å². The lowest BCUT2D eigenvalue weighted by Gasteiger charge is -2.15. The first-order valence-corrected chi connectivity index (χ1v) is 7.41. The quantitative estimate of drug-likeness (QED) is 0.918. The second kappa shape index (κ2) is 4.81. The van der Waals surface area contributed by atoms with E-state index in [2.05, 4.69) is 35.8 Å². The Morgan fingerprint density at radius 1 is 1.22 bits per heavy atom. The van der Waals surface area contributed by atoms with E-state index < -0.39 is 0 Å². The number of anilines is 2. The molecule has 0 aromatic carbocycles. The Morgan fingerprint density at radius 2 is 2.00 bits per heavy atom. The zero-order valence-electron chi connectivity index (χ0n) is 9.64. The summed E-state index contributed by atoms with van der Waals surface area (Å²) in [6.45, 7) is 1.99. The van der Waals surface area contributed by atoms with Crippen LogP contribution in [0.15, 0.2) is 15.9 Å². The van der Waals surface area contributed by atoms with Gasteiger partial charge in [-0.15, -0.1) is 11.3 Å². The molecular weight excluding hydrogens is 314 g/mol. The number of thiophene rings is 1. The van der Waals surface area contributed by atoms with Crippen LogP contribution >= 0.6 is 27.3 Å². The summed E-state index contributed by atoms with van der Waals surface area (Å²) in [5.74, 6) is 1.61. The van der Waals surface area contributed by atoms with Gasteiger partial charge in [0.1, 0.15) is 0 Å². The van der Waals surface area contributed by atoms with Crippen molar-refractivity contribution in [3.05, 3.63) is 15.9 Å². The Bertz CT molecular complexity index is 564. The van der Waals surface area contributed by atoms with Crippen molar-refractivity contribution in [2.75, 3.05) is 23.7 Å². The highest BCUT2D eigenvalue weighted by Gasteiger charge is 2.18. The van der Waals surface area contributed by atoms with E-state index >= 15 is 0 Å². The molecule has 0 unspecified atom stereocenters. The van der Waals surface area contributed by atoms with Gasteiger partial charge >= 0.3 is 0 Å². The first-order valence-electron chi connectivity index (χ1n) is 5.74. The molecule has 2 N–H and O–H groups in total. The van der Waals surface area contributed by atoms with Crippen molar-refractivity contribution in [1.29, 1.82) is 0 Å². The molecule has 5 nitrogen and oxygen atoms in total. The van der Waals surface area contributed by atoms with Gasteiger partial charge in [0.05, 0.1) is 4.88 Å². The summed E-state index contributed by atoms with van der Waals surface area (Å²) in [6.07, 6.45) is 2.37. The van der Waals surface area contributed by atoms with E-state index in [9.17, 15) is 0 Å². The number of rotatable bonds is 2. The van der Waals surface area contributed by atoms with Gasteiger partial charge < -0.3 is 10.6 Å². The lowest BCUT2D eigenvalue weighted by Crippen LogP contribution is -2.21. The summed E-state index contributed by atoms with van der Waals surface area (Å²) in [7, 11) is 0. The number of hydrogen-bond donors (Lipinski definition) is 1. The van der Waals surface area contributed by atoms with Gasteiger partial charge in [0.15, 0.2) is 5.82 Å². The minimum Gasteiger partial charge on any atom is -0.368 e. The van der Waals surface area contributed by atoms with E-state index in [0.29, 0.717) is 11.8 Å². The third kappa shape index (κ3) is 2.20. The van der Waals surface area contributed by atoms with Crippen LogP contribution in [-0.2, 0) is 0 Å². The highest BCUT2D eigenvalue weighted by Crippen LogP contribution is 2.32. The van der Waals surface area contributed by atoms with Crippen molar-refractivity contribution in [1.82, 2.24) is 15.0 Å². The minimum absolute atomic E-state index is 0.280. The molecule has 0 spiro atoms. The van der Waals surface area contributed by atoms with Crippen LogP contribution in [0.1, 0.15) is 12.8 Å². The smallest absolute Gasteiger partial charge is 0.230 e. The standard InChI is InChI=1S/C11H12BrN5S/c12-7-3-6-18-8(7)9-14-10(13)16-11(15-9)17-4-1-2-5-17/h3,6H,1-2,4-5H2,(H2,13,14,15,16). The molecule has 94 valence electrons. The number of hydrogen-bond acceptors (Lipinski definition) is 6. The molecule has 3 rings (SSSR count). The van der Waals surface area contributed by atoms with Crippen LogP contribution in [-0.4, -0.2) is 28.0 Å². The molecule has 7 heteroatoms. The maximum Gasteiger partial charge on any atom is 0.230 e. The van der Waals surface area contributed by atoms with Crippen LogP contribution in [0.5, 0.6) is 0 Å². The largest absolute Gasteiger partial charge is 0.368 e. The molecule has 0 atom stereocenters. The average molecular weight is 326 g/mol. The molecule has 0 amide bonds. The first kappa shape index (κ1) is 11.9. The topological polar surface area (TPSA) is 67.9 Å². The minimum atomic E-state index is 0.280. The molecule has 1 fully saturated rings. The Morgan fingerprint density at radius 3 is 2.67 bits per heavy atom. The summed E-state index contributed by atoms with van der Waals surface area (Å²) >= 11 is 5.08. The predicted octanol–water partition coefficient (Wildman–Crippen LogP) is 2.55. The zero-order chi connectivity index (χ0) is 12.5. The van der Waals surface area contributed by atoms with Gasteiger partial charge in [-0.1, -0.05) is 0 Å². The van der Waals surface area contributed by atoms with Crippen LogP contribution < -0.4 is 10.6 Å². The fraction of sp³-hybridized carbons (Fsp3) is 0.364. The Labute approximate surface area is 117 Å². The molecular formula is C11H12BrN5S. The maximum atomic E-state index is 5.78. The summed E-state index contributed by atoms with van der Waals surface area (Å²) in [5.41, 5.74) is 5.78. The van der Waals surface area contributed by atoms with Crippen molar-refractivity contribution in [2.45, 2.75) is 12.8 Å². The van der Waals surface area contributed by atoms with E-state index in [1.165, 1.54) is 12.8 Å². The van der Waals surface area contributed by atoms with Crippen molar-refractivity contribution in [3.8, 4) is 10.7 Å². The Balaban J connectivity index is 2.03. The van der Waals surface area contributed by atoms with Crippen molar-refractivity contribution in [2.24, 2.45) is 0 Å². The lowest BCUT2D eigenvalue weighted by atomic mass is 10.4. The van der Waals surface area contributed by atoms with Gasteiger partial charge in [-0.05, 0) is 40.2 Å². The number of aromatic nitrogens is 3. The fourth-order valence-electron chi connectivity index (χ4n) is 1.99. The molecule has 2 aromatic rings. The molecule has 2 aromatic heterocycles. The molecule has 1 aliphatic rings. The highest BCUT2D eigenvalue weighted by atomic mass is 79.9. The maximum absolute atomic E-state index is 5.78. The normalized spacial score (nSPS) is 15.3. The van der Waals surface area contributed by atoms with Gasteiger partial charge in [0.25, 0.3) is 0 Å². The van der Waals surface area contributed by atoms with Gasteiger partial charge in [0, 0.05) is 17.6 Å². The van der Waals surface area contributed by atoms with Gasteiger partial charge in [-0.3, -0.25) is 0 Å². The first-order chi connectivity index (χ1) is 8.74. The molecule has 3 heterocycles. The summed E-state index contributed by atoms with van der Waals surface area (Å²) in [6, 6.07) is 1.98. The third-order valence-electron chi connectivity index (χ3n) is 2.85. The van der Waals surface area contributed by atoms with Gasteiger partial charge in [-0.2, -0.15) is 15.0 Å². The SMILES string of the molecule is Nc1nc(-c2sccc2Br)nc(N2CCCC2)n1. The number of nitrogens with two attached hydrogens (primary N) is 1. The molecule has 0 bridgehead atoms. The number of nitrogens with zero attached hydrogens (tertiary/aromatic N) is 4. The summed E-state index contributed by atoms with van der Waals surface area (Å²) < 4.78 is 0.991.